The van der Waals surface area contributed by atoms with Gasteiger partial charge in [0.1, 0.15) is 5.76 Å². The number of aliphatic hydroxyl groups excluding tert-OH is 1. The number of carbonyl (C=O) groups excluding carboxylic acids is 1. The number of hydrogen-bond acceptors (Lipinski definition) is 6. The largest absolute Gasteiger partial charge is 0.508 e. The molecule has 0 bridgehead atoms. The van der Waals surface area contributed by atoms with Gasteiger partial charge in [0, 0.05) is 5.57 Å². The zero-order chi connectivity index (χ0) is 24.2. The lowest BCUT2D eigenvalue weighted by molar-refractivity contribution is -0.111. The Morgan fingerprint density at radius 1 is 0.788 bits per heavy atom. The van der Waals surface area contributed by atoms with Gasteiger partial charge in [-0.15, -0.1) is 0 Å². The van der Waals surface area contributed by atoms with Crippen LogP contribution >= 0.6 is 0 Å². The number of aliphatic hydroxyl groups is 1. The van der Waals surface area contributed by atoms with Crippen molar-refractivity contribution in [3.05, 3.63) is 71.0 Å². The zero-order valence-corrected chi connectivity index (χ0v) is 19.9. The Labute approximate surface area is 195 Å². The van der Waals surface area contributed by atoms with Crippen LogP contribution in [0.2, 0.25) is 0 Å². The summed E-state index contributed by atoms with van der Waals surface area (Å²) in [6.45, 7) is 2.04. The molecule has 0 amide bonds. The number of rotatable bonds is 12. The molecule has 6 nitrogen and oxygen atoms in total. The molecule has 0 aromatic heterocycles. The van der Waals surface area contributed by atoms with Gasteiger partial charge in [-0.2, -0.15) is 0 Å². The van der Waals surface area contributed by atoms with Crippen molar-refractivity contribution in [1.82, 2.24) is 0 Å². The smallest absolute Gasteiger partial charge is 0.185 e. The average Bonchev–Trinajstić information content (AvgIpc) is 2.85. The molecular weight excluding hydrogens is 420 g/mol. The van der Waals surface area contributed by atoms with Gasteiger partial charge in [-0.05, 0) is 60.4 Å². The predicted molar refractivity (Wildman–Crippen MR) is 131 cm³/mol. The molecule has 6 heteroatoms. The van der Waals surface area contributed by atoms with Crippen LogP contribution in [0.4, 0.5) is 0 Å². The van der Waals surface area contributed by atoms with E-state index < -0.39 is 0 Å². The van der Waals surface area contributed by atoms with Crippen molar-refractivity contribution >= 4 is 17.9 Å². The van der Waals surface area contributed by atoms with Crippen molar-refractivity contribution in [1.29, 1.82) is 0 Å². The maximum atomic E-state index is 12.9. The number of ketones is 1. The van der Waals surface area contributed by atoms with Crippen LogP contribution in [0.5, 0.6) is 23.0 Å². The van der Waals surface area contributed by atoms with Crippen LogP contribution in [0, 0.1) is 0 Å². The molecule has 2 aromatic carbocycles. The summed E-state index contributed by atoms with van der Waals surface area (Å²) in [5, 5.41) is 10.7. The second-order valence-electron chi connectivity index (χ2n) is 7.23. The van der Waals surface area contributed by atoms with E-state index >= 15 is 0 Å². The van der Waals surface area contributed by atoms with Crippen LogP contribution in [-0.2, 0) is 4.79 Å². The monoisotopic (exact) mass is 452 g/mol. The minimum atomic E-state index is -0.243. The highest BCUT2D eigenvalue weighted by molar-refractivity contribution is 6.07. The van der Waals surface area contributed by atoms with Crippen LogP contribution in [0.3, 0.4) is 0 Å². The molecule has 0 saturated heterocycles. The lowest BCUT2D eigenvalue weighted by atomic mass is 10.0. The molecule has 0 spiro atoms. The number of benzene rings is 2. The summed E-state index contributed by atoms with van der Waals surface area (Å²) in [6, 6.07) is 10.8. The topological polar surface area (TPSA) is 74.2 Å². The summed E-state index contributed by atoms with van der Waals surface area (Å²) >= 11 is 0. The van der Waals surface area contributed by atoms with Gasteiger partial charge in [-0.25, -0.2) is 0 Å². The molecule has 0 heterocycles. The second-order valence-corrected chi connectivity index (χ2v) is 7.23. The molecule has 0 atom stereocenters. The third-order valence-electron chi connectivity index (χ3n) is 5.06. The standard InChI is InChI=1S/C27H32O6/c1-6-7-8-21(22(28)13-9-19-11-15-24(30-2)26(17-19)32-4)23(29)14-10-20-12-16-25(31-3)27(18-20)33-5/h9-18,28H,6-8H2,1-5H3/b13-9+,14-10+,22-21-. The Hall–Kier alpha value is -3.67. The molecule has 2 rings (SSSR count). The molecule has 0 radical (unpaired) electrons. The van der Waals surface area contributed by atoms with Crippen LogP contribution in [0.15, 0.2) is 59.9 Å². The predicted octanol–water partition coefficient (Wildman–Crippen LogP) is 6.02. The Morgan fingerprint density at radius 2 is 1.27 bits per heavy atom. The van der Waals surface area contributed by atoms with Gasteiger partial charge < -0.3 is 24.1 Å². The Morgan fingerprint density at radius 3 is 1.73 bits per heavy atom. The molecule has 0 aliphatic rings. The van der Waals surface area contributed by atoms with E-state index in [0.29, 0.717) is 35.0 Å². The maximum Gasteiger partial charge on any atom is 0.185 e. The third-order valence-corrected chi connectivity index (χ3v) is 5.06. The van der Waals surface area contributed by atoms with E-state index in [1.165, 1.54) is 12.2 Å². The van der Waals surface area contributed by atoms with Crippen molar-refractivity contribution in [3.8, 4) is 23.0 Å². The molecule has 0 fully saturated rings. The summed E-state index contributed by atoms with van der Waals surface area (Å²) < 4.78 is 21.1. The van der Waals surface area contributed by atoms with Crippen LogP contribution in [0.1, 0.15) is 37.3 Å². The summed E-state index contributed by atoms with van der Waals surface area (Å²) in [5.74, 6) is 2.10. The molecule has 33 heavy (non-hydrogen) atoms. The van der Waals surface area contributed by atoms with E-state index in [0.717, 1.165) is 24.0 Å². The third kappa shape index (κ3) is 7.17. The van der Waals surface area contributed by atoms with Gasteiger partial charge in [0.2, 0.25) is 0 Å². The van der Waals surface area contributed by atoms with Gasteiger partial charge >= 0.3 is 0 Å². The van der Waals surface area contributed by atoms with Crippen LogP contribution in [0.25, 0.3) is 12.2 Å². The Bertz CT molecular complexity index is 1030. The van der Waals surface area contributed by atoms with Crippen molar-refractivity contribution in [3.63, 3.8) is 0 Å². The molecular formula is C27H32O6. The minimum absolute atomic E-state index is 0.0554. The van der Waals surface area contributed by atoms with Crippen molar-refractivity contribution in [2.24, 2.45) is 0 Å². The first-order valence-corrected chi connectivity index (χ1v) is 10.7. The van der Waals surface area contributed by atoms with Gasteiger partial charge in [0.25, 0.3) is 0 Å². The quantitative estimate of drug-likeness (QED) is 0.241. The van der Waals surface area contributed by atoms with E-state index in [1.54, 1.807) is 64.9 Å². The maximum absolute atomic E-state index is 12.9. The zero-order valence-electron chi connectivity index (χ0n) is 19.9. The van der Waals surface area contributed by atoms with E-state index in [2.05, 4.69) is 0 Å². The lowest BCUT2D eigenvalue weighted by Crippen LogP contribution is -2.02. The molecule has 0 saturated carbocycles. The highest BCUT2D eigenvalue weighted by Gasteiger charge is 2.12. The van der Waals surface area contributed by atoms with E-state index in [4.69, 9.17) is 18.9 Å². The van der Waals surface area contributed by atoms with Gasteiger partial charge in [-0.1, -0.05) is 37.6 Å². The molecule has 0 unspecified atom stereocenters. The number of ether oxygens (including phenoxy) is 4. The normalized spacial score (nSPS) is 12.0. The second kappa shape index (κ2) is 13.0. The fourth-order valence-corrected chi connectivity index (χ4v) is 3.19. The fourth-order valence-electron chi connectivity index (χ4n) is 3.19. The number of carbonyl (C=O) groups is 1. The fraction of sp³-hybridized carbons (Fsp3) is 0.296. The van der Waals surface area contributed by atoms with Crippen molar-refractivity contribution < 1.29 is 28.8 Å². The van der Waals surface area contributed by atoms with Crippen LogP contribution in [-0.4, -0.2) is 39.3 Å². The van der Waals surface area contributed by atoms with E-state index in [-0.39, 0.29) is 11.5 Å². The van der Waals surface area contributed by atoms with E-state index in [1.807, 2.05) is 19.1 Å². The highest BCUT2D eigenvalue weighted by atomic mass is 16.5. The summed E-state index contributed by atoms with van der Waals surface area (Å²) in [7, 11) is 6.27. The summed E-state index contributed by atoms with van der Waals surface area (Å²) in [6.07, 6.45) is 8.60. The van der Waals surface area contributed by atoms with Gasteiger partial charge in [-0.3, -0.25) is 4.79 Å². The Balaban J connectivity index is 2.28. The first-order valence-electron chi connectivity index (χ1n) is 10.7. The van der Waals surface area contributed by atoms with Crippen molar-refractivity contribution in [2.45, 2.75) is 26.2 Å². The number of hydrogen-bond donors (Lipinski definition) is 1. The lowest BCUT2D eigenvalue weighted by Gasteiger charge is -2.08. The average molecular weight is 453 g/mol. The highest BCUT2D eigenvalue weighted by Crippen LogP contribution is 2.29. The van der Waals surface area contributed by atoms with Crippen LogP contribution < -0.4 is 18.9 Å². The summed E-state index contributed by atoms with van der Waals surface area (Å²) in [5.41, 5.74) is 1.96. The molecule has 2 aromatic rings. The number of methoxy groups -OCH3 is 4. The number of unbranched alkanes of at least 4 members (excludes halogenated alkanes) is 1. The van der Waals surface area contributed by atoms with Gasteiger partial charge in [0.15, 0.2) is 28.8 Å². The Kier molecular flexibility index (Phi) is 10.1. The van der Waals surface area contributed by atoms with Gasteiger partial charge in [0.05, 0.1) is 28.4 Å². The molecule has 176 valence electrons. The number of allylic oxidation sites excluding steroid dienone is 3. The molecule has 0 aliphatic carbocycles. The molecule has 0 aliphatic heterocycles. The van der Waals surface area contributed by atoms with E-state index in [9.17, 15) is 9.90 Å². The SMILES string of the molecule is CCCC/C(C(=O)/C=C/c1ccc(OC)c(OC)c1)=C(O)\C=C\c1ccc(OC)c(OC)c1. The molecule has 1 N–H and O–H groups in total. The minimum Gasteiger partial charge on any atom is -0.508 e. The first kappa shape index (κ1) is 25.6. The first-order chi connectivity index (χ1) is 16.0. The van der Waals surface area contributed by atoms with Crippen molar-refractivity contribution in [2.75, 3.05) is 28.4 Å². The summed E-state index contributed by atoms with van der Waals surface area (Å²) in [4.78, 5) is 12.9.